The molecule has 0 aliphatic carbocycles. The van der Waals surface area contributed by atoms with E-state index in [1.807, 2.05) is 0 Å². The lowest BCUT2D eigenvalue weighted by molar-refractivity contribution is -0.00133. The van der Waals surface area contributed by atoms with E-state index in [0.29, 0.717) is 12.0 Å². The van der Waals surface area contributed by atoms with Gasteiger partial charge < -0.3 is 9.84 Å². The van der Waals surface area contributed by atoms with Crippen molar-refractivity contribution in [1.82, 2.24) is 0 Å². The first kappa shape index (κ1) is 11.6. The Morgan fingerprint density at radius 3 is 2.81 bits per heavy atom. The molecule has 1 N–H and O–H groups in total. The van der Waals surface area contributed by atoms with Crippen LogP contribution in [0.2, 0.25) is 0 Å². The van der Waals surface area contributed by atoms with Gasteiger partial charge in [-0.2, -0.15) is 0 Å². The molecule has 0 unspecified atom stereocenters. The van der Waals surface area contributed by atoms with Crippen LogP contribution in [0.25, 0.3) is 0 Å². The smallest absolute Gasteiger partial charge is 0.0581 e. The molecule has 1 aliphatic heterocycles. The van der Waals surface area contributed by atoms with Gasteiger partial charge in [0, 0.05) is 13.2 Å². The zero-order valence-electron chi connectivity index (χ0n) is 9.64. The Hall–Kier alpha value is -0.860. The topological polar surface area (TPSA) is 29.5 Å². The number of ether oxygens (including phenoxy) is 1. The van der Waals surface area contributed by atoms with Crippen LogP contribution in [0, 0.1) is 0 Å². The van der Waals surface area contributed by atoms with Crippen molar-refractivity contribution in [2.45, 2.75) is 37.7 Å². The van der Waals surface area contributed by atoms with Gasteiger partial charge in [-0.3, -0.25) is 0 Å². The molecule has 1 aromatic rings. The molecule has 16 heavy (non-hydrogen) atoms. The number of hydrogen-bond acceptors (Lipinski definition) is 2. The first-order valence-corrected chi connectivity index (χ1v) is 6.17. The molecule has 88 valence electrons. The summed E-state index contributed by atoms with van der Waals surface area (Å²) in [5.41, 5.74) is 1.43. The fourth-order valence-corrected chi connectivity index (χ4v) is 2.43. The predicted molar refractivity (Wildman–Crippen MR) is 64.5 cm³/mol. The van der Waals surface area contributed by atoms with Crippen molar-refractivity contribution < 1.29 is 9.84 Å². The Morgan fingerprint density at radius 2 is 2.06 bits per heavy atom. The van der Waals surface area contributed by atoms with Crippen LogP contribution >= 0.6 is 0 Å². The van der Waals surface area contributed by atoms with E-state index < -0.39 is 0 Å². The number of aliphatic hydroxyl groups is 1. The number of hydrogen-bond donors (Lipinski definition) is 1. The average molecular weight is 220 g/mol. The minimum Gasteiger partial charge on any atom is -0.396 e. The Labute approximate surface area is 97.3 Å². The van der Waals surface area contributed by atoms with Gasteiger partial charge in [0.15, 0.2) is 0 Å². The molecule has 1 aromatic carbocycles. The summed E-state index contributed by atoms with van der Waals surface area (Å²) in [6, 6.07) is 10.7. The minimum atomic E-state index is 0.274. The first-order valence-electron chi connectivity index (χ1n) is 6.17. The maximum atomic E-state index is 8.82. The van der Waals surface area contributed by atoms with Crippen LogP contribution in [-0.2, 0) is 4.74 Å². The van der Waals surface area contributed by atoms with Crippen molar-refractivity contribution in [3.63, 3.8) is 0 Å². The molecule has 0 aromatic heterocycles. The van der Waals surface area contributed by atoms with Crippen LogP contribution in [-0.4, -0.2) is 24.4 Å². The van der Waals surface area contributed by atoms with Crippen LogP contribution in [0.4, 0.5) is 0 Å². The molecular weight excluding hydrogens is 200 g/mol. The van der Waals surface area contributed by atoms with E-state index in [2.05, 4.69) is 30.3 Å². The second-order valence-corrected chi connectivity index (χ2v) is 4.49. The lowest BCUT2D eigenvalue weighted by atomic mass is 9.87. The molecule has 0 radical (unpaired) electrons. The van der Waals surface area contributed by atoms with Gasteiger partial charge in [0.2, 0.25) is 0 Å². The largest absolute Gasteiger partial charge is 0.396 e. The average Bonchev–Trinajstić information content (AvgIpc) is 2.38. The quantitative estimate of drug-likeness (QED) is 0.845. The summed E-state index contributed by atoms with van der Waals surface area (Å²) in [6.07, 6.45) is 4.40. The second kappa shape index (κ2) is 6.02. The third kappa shape index (κ3) is 3.06. The summed E-state index contributed by atoms with van der Waals surface area (Å²) >= 11 is 0. The van der Waals surface area contributed by atoms with E-state index in [9.17, 15) is 0 Å². The highest BCUT2D eigenvalue weighted by Gasteiger charge is 2.23. The highest BCUT2D eigenvalue weighted by molar-refractivity contribution is 5.20. The first-order chi connectivity index (χ1) is 7.90. The van der Waals surface area contributed by atoms with Gasteiger partial charge in [0.1, 0.15) is 0 Å². The normalized spacial score (nSPS) is 25.6. The van der Waals surface area contributed by atoms with Gasteiger partial charge in [-0.1, -0.05) is 30.3 Å². The van der Waals surface area contributed by atoms with E-state index in [1.54, 1.807) is 0 Å². The lowest BCUT2D eigenvalue weighted by Gasteiger charge is -2.29. The van der Waals surface area contributed by atoms with Crippen molar-refractivity contribution in [2.24, 2.45) is 0 Å². The van der Waals surface area contributed by atoms with E-state index in [0.717, 1.165) is 32.3 Å². The number of rotatable bonds is 4. The Morgan fingerprint density at radius 1 is 1.25 bits per heavy atom. The molecule has 0 amide bonds. The zero-order chi connectivity index (χ0) is 11.2. The molecule has 1 saturated heterocycles. The standard InChI is InChI=1S/C14H20O2/c15-9-4-7-14-11-13(8-10-16-14)12-5-2-1-3-6-12/h1-3,5-6,13-15H,4,7-11H2/t13-,14+/m1/s1. The van der Waals surface area contributed by atoms with Crippen LogP contribution in [0.1, 0.15) is 37.2 Å². The number of benzene rings is 1. The van der Waals surface area contributed by atoms with E-state index >= 15 is 0 Å². The lowest BCUT2D eigenvalue weighted by Crippen LogP contribution is -2.24. The number of aliphatic hydroxyl groups excluding tert-OH is 1. The van der Waals surface area contributed by atoms with E-state index in [4.69, 9.17) is 9.84 Å². The van der Waals surface area contributed by atoms with Gasteiger partial charge in [-0.15, -0.1) is 0 Å². The fourth-order valence-electron chi connectivity index (χ4n) is 2.43. The van der Waals surface area contributed by atoms with Crippen molar-refractivity contribution in [3.8, 4) is 0 Å². The van der Waals surface area contributed by atoms with Gasteiger partial charge in [-0.05, 0) is 37.2 Å². The third-order valence-electron chi connectivity index (χ3n) is 3.32. The monoisotopic (exact) mass is 220 g/mol. The molecule has 0 spiro atoms. The van der Waals surface area contributed by atoms with Gasteiger partial charge in [0.25, 0.3) is 0 Å². The molecule has 0 saturated carbocycles. The SMILES string of the molecule is OCCC[C@H]1C[C@H](c2ccccc2)CCO1. The molecule has 2 rings (SSSR count). The Balaban J connectivity index is 1.91. The summed E-state index contributed by atoms with van der Waals surface area (Å²) in [5.74, 6) is 0.638. The van der Waals surface area contributed by atoms with Crippen molar-refractivity contribution in [2.75, 3.05) is 13.2 Å². The fraction of sp³-hybridized carbons (Fsp3) is 0.571. The summed E-state index contributed by atoms with van der Waals surface area (Å²) in [7, 11) is 0. The molecule has 1 fully saturated rings. The maximum Gasteiger partial charge on any atom is 0.0581 e. The molecule has 2 atom stereocenters. The van der Waals surface area contributed by atoms with Crippen molar-refractivity contribution >= 4 is 0 Å². The summed E-state index contributed by atoms with van der Waals surface area (Å²) in [4.78, 5) is 0. The summed E-state index contributed by atoms with van der Waals surface area (Å²) in [5, 5.41) is 8.82. The van der Waals surface area contributed by atoms with Crippen LogP contribution < -0.4 is 0 Å². The van der Waals surface area contributed by atoms with Gasteiger partial charge in [0.05, 0.1) is 6.10 Å². The Kier molecular flexibility index (Phi) is 4.37. The van der Waals surface area contributed by atoms with Crippen molar-refractivity contribution in [3.05, 3.63) is 35.9 Å². The summed E-state index contributed by atoms with van der Waals surface area (Å²) < 4.78 is 5.72. The van der Waals surface area contributed by atoms with Crippen molar-refractivity contribution in [1.29, 1.82) is 0 Å². The summed E-state index contributed by atoms with van der Waals surface area (Å²) in [6.45, 7) is 1.13. The molecule has 2 nitrogen and oxygen atoms in total. The Bertz CT molecular complexity index is 297. The van der Waals surface area contributed by atoms with Gasteiger partial charge in [-0.25, -0.2) is 0 Å². The highest BCUT2D eigenvalue weighted by Crippen LogP contribution is 2.31. The molecule has 1 aliphatic rings. The molecule has 1 heterocycles. The van der Waals surface area contributed by atoms with Crippen LogP contribution in [0.5, 0.6) is 0 Å². The predicted octanol–water partition coefficient (Wildman–Crippen LogP) is 2.72. The zero-order valence-corrected chi connectivity index (χ0v) is 9.64. The molecule has 0 bridgehead atoms. The van der Waals surface area contributed by atoms with E-state index in [1.165, 1.54) is 5.56 Å². The van der Waals surface area contributed by atoms with E-state index in [-0.39, 0.29) is 6.61 Å². The van der Waals surface area contributed by atoms with Crippen LogP contribution in [0.15, 0.2) is 30.3 Å². The molecule has 2 heteroatoms. The second-order valence-electron chi connectivity index (χ2n) is 4.49. The highest BCUT2D eigenvalue weighted by atomic mass is 16.5. The minimum absolute atomic E-state index is 0.274. The van der Waals surface area contributed by atoms with Crippen LogP contribution in [0.3, 0.4) is 0 Å². The molecular formula is C14H20O2. The third-order valence-corrected chi connectivity index (χ3v) is 3.32. The van der Waals surface area contributed by atoms with Gasteiger partial charge >= 0.3 is 0 Å². The maximum absolute atomic E-state index is 8.82.